The summed E-state index contributed by atoms with van der Waals surface area (Å²) in [5.74, 6) is 0. The number of fused-ring (bicyclic) bond motifs is 9. The summed E-state index contributed by atoms with van der Waals surface area (Å²) in [5.41, 5.74) is 9.78. The molecule has 0 amide bonds. The Morgan fingerprint density at radius 3 is 1.77 bits per heavy atom. The van der Waals surface area contributed by atoms with Crippen LogP contribution < -0.4 is 4.90 Å². The predicted octanol–water partition coefficient (Wildman–Crippen LogP) is 15.1. The molecule has 0 bridgehead atoms. The number of furan rings is 1. The molecule has 8 aromatic carbocycles. The molecule has 3 heterocycles. The number of hydrogen-bond donors (Lipinski definition) is 0. The van der Waals surface area contributed by atoms with Crippen molar-refractivity contribution in [3.8, 4) is 22.3 Å². The molecule has 0 aliphatic rings. The first-order valence-corrected chi connectivity index (χ1v) is 19.1. The zero-order chi connectivity index (χ0) is 34.2. The topological polar surface area (TPSA) is 16.4 Å². The number of para-hydroxylation sites is 2. The van der Waals surface area contributed by atoms with Gasteiger partial charge in [0.25, 0.3) is 0 Å². The number of anilines is 3. The molecule has 52 heavy (non-hydrogen) atoms. The second-order valence-electron chi connectivity index (χ2n) is 13.3. The van der Waals surface area contributed by atoms with E-state index in [-0.39, 0.29) is 0 Å². The molecule has 0 saturated heterocycles. The third-order valence-electron chi connectivity index (χ3n) is 10.3. The van der Waals surface area contributed by atoms with E-state index >= 15 is 0 Å². The maximum atomic E-state index is 6.60. The summed E-state index contributed by atoms with van der Waals surface area (Å²) in [6.07, 6.45) is 0. The monoisotopic (exact) mass is 699 g/mol. The molecule has 0 saturated carbocycles. The van der Waals surface area contributed by atoms with Crippen LogP contribution in [-0.4, -0.2) is 0 Å². The highest BCUT2D eigenvalue weighted by atomic mass is 32.1. The summed E-state index contributed by atoms with van der Waals surface area (Å²) in [7, 11) is 0. The molecule has 0 unspecified atom stereocenters. The van der Waals surface area contributed by atoms with Crippen LogP contribution in [0.4, 0.5) is 17.1 Å². The van der Waals surface area contributed by atoms with Crippen molar-refractivity contribution in [2.24, 2.45) is 0 Å². The van der Waals surface area contributed by atoms with E-state index in [0.717, 1.165) is 39.0 Å². The lowest BCUT2D eigenvalue weighted by Gasteiger charge is -2.26. The molecule has 2 nitrogen and oxygen atoms in total. The highest BCUT2D eigenvalue weighted by molar-refractivity contribution is 7.26. The van der Waals surface area contributed by atoms with Gasteiger partial charge in [-0.15, -0.1) is 22.7 Å². The summed E-state index contributed by atoms with van der Waals surface area (Å²) in [5, 5.41) is 7.51. The van der Waals surface area contributed by atoms with Gasteiger partial charge in [-0.1, -0.05) is 115 Å². The Morgan fingerprint density at radius 1 is 0.385 bits per heavy atom. The van der Waals surface area contributed by atoms with Gasteiger partial charge in [0.05, 0.1) is 5.69 Å². The second-order valence-corrected chi connectivity index (χ2v) is 15.4. The van der Waals surface area contributed by atoms with Gasteiger partial charge in [-0.25, -0.2) is 0 Å². The van der Waals surface area contributed by atoms with Crippen LogP contribution in [0.2, 0.25) is 0 Å². The van der Waals surface area contributed by atoms with E-state index in [1.54, 1.807) is 0 Å². The van der Waals surface area contributed by atoms with Crippen LogP contribution in [0.3, 0.4) is 0 Å². The Balaban J connectivity index is 1.04. The lowest BCUT2D eigenvalue weighted by Crippen LogP contribution is -2.10. The van der Waals surface area contributed by atoms with Crippen LogP contribution in [0.25, 0.3) is 84.5 Å². The zero-order valence-electron chi connectivity index (χ0n) is 27.9. The van der Waals surface area contributed by atoms with E-state index in [0.29, 0.717) is 0 Å². The second kappa shape index (κ2) is 11.7. The fraction of sp³-hybridized carbons (Fsp3) is 0. The van der Waals surface area contributed by atoms with Gasteiger partial charge in [0.15, 0.2) is 5.58 Å². The number of rotatable bonds is 5. The molecular formula is C48H29NOS2. The van der Waals surface area contributed by atoms with Crippen molar-refractivity contribution < 1.29 is 4.42 Å². The van der Waals surface area contributed by atoms with Gasteiger partial charge < -0.3 is 9.32 Å². The van der Waals surface area contributed by atoms with Gasteiger partial charge in [0.2, 0.25) is 0 Å². The summed E-state index contributed by atoms with van der Waals surface area (Å²) in [4.78, 5) is 2.33. The fourth-order valence-corrected chi connectivity index (χ4v) is 10.1. The van der Waals surface area contributed by atoms with Gasteiger partial charge in [0.1, 0.15) is 5.58 Å². The van der Waals surface area contributed by atoms with E-state index in [1.165, 1.54) is 62.6 Å². The van der Waals surface area contributed by atoms with Crippen molar-refractivity contribution in [1.82, 2.24) is 0 Å². The van der Waals surface area contributed by atoms with Gasteiger partial charge in [-0.3, -0.25) is 0 Å². The third kappa shape index (κ3) is 4.62. The Hall–Kier alpha value is -6.20. The number of hydrogen-bond acceptors (Lipinski definition) is 4. The molecule has 11 aromatic rings. The molecule has 0 atom stereocenters. The molecule has 0 radical (unpaired) electrons. The first-order chi connectivity index (χ1) is 25.8. The van der Waals surface area contributed by atoms with Gasteiger partial charge >= 0.3 is 0 Å². The summed E-state index contributed by atoms with van der Waals surface area (Å²) in [6.45, 7) is 0. The minimum absolute atomic E-state index is 0.876. The largest absolute Gasteiger partial charge is 0.454 e. The van der Waals surface area contributed by atoms with Crippen LogP contribution in [0.15, 0.2) is 180 Å². The van der Waals surface area contributed by atoms with Crippen molar-refractivity contribution in [3.05, 3.63) is 176 Å². The zero-order valence-corrected chi connectivity index (χ0v) is 29.5. The van der Waals surface area contributed by atoms with Crippen LogP contribution in [-0.2, 0) is 0 Å². The lowest BCUT2D eigenvalue weighted by molar-refractivity contribution is 0.669. The highest BCUT2D eigenvalue weighted by Crippen LogP contribution is 2.45. The third-order valence-corrected chi connectivity index (χ3v) is 12.6. The van der Waals surface area contributed by atoms with Crippen molar-refractivity contribution >= 4 is 102 Å². The van der Waals surface area contributed by atoms with Crippen LogP contribution in [0, 0.1) is 0 Å². The number of benzene rings is 8. The molecular weight excluding hydrogens is 671 g/mol. The molecule has 0 aliphatic carbocycles. The first-order valence-electron chi connectivity index (χ1n) is 17.5. The average molecular weight is 700 g/mol. The molecule has 4 heteroatoms. The molecule has 0 N–H and O–H groups in total. The summed E-state index contributed by atoms with van der Waals surface area (Å²) in [6, 6.07) is 63.6. The van der Waals surface area contributed by atoms with E-state index < -0.39 is 0 Å². The van der Waals surface area contributed by atoms with E-state index in [4.69, 9.17) is 4.42 Å². The first kappa shape index (κ1) is 29.5. The highest BCUT2D eigenvalue weighted by Gasteiger charge is 2.20. The molecule has 11 rings (SSSR count). The minimum atomic E-state index is 0.876. The number of thiophene rings is 2. The van der Waals surface area contributed by atoms with E-state index in [1.807, 2.05) is 28.7 Å². The van der Waals surface area contributed by atoms with Gasteiger partial charge in [-0.05, 0) is 82.9 Å². The molecule has 244 valence electrons. The normalized spacial score (nSPS) is 11.8. The Morgan fingerprint density at radius 2 is 0.962 bits per heavy atom. The fourth-order valence-electron chi connectivity index (χ4n) is 7.85. The molecule has 0 spiro atoms. The van der Waals surface area contributed by atoms with Crippen molar-refractivity contribution in [3.63, 3.8) is 0 Å². The van der Waals surface area contributed by atoms with Crippen LogP contribution in [0.5, 0.6) is 0 Å². The summed E-state index contributed by atoms with van der Waals surface area (Å²) >= 11 is 3.72. The Labute approximate surface area is 308 Å². The van der Waals surface area contributed by atoms with E-state index in [9.17, 15) is 0 Å². The van der Waals surface area contributed by atoms with Crippen LogP contribution >= 0.6 is 22.7 Å². The van der Waals surface area contributed by atoms with Crippen molar-refractivity contribution in [2.75, 3.05) is 4.90 Å². The maximum Gasteiger partial charge on any atom is 0.159 e. The smallest absolute Gasteiger partial charge is 0.159 e. The van der Waals surface area contributed by atoms with Crippen molar-refractivity contribution in [1.29, 1.82) is 0 Å². The Kier molecular flexibility index (Phi) is 6.63. The molecule has 0 aliphatic heterocycles. The molecule has 0 fully saturated rings. The standard InChI is InChI=1S/C48H29NOS2/c1-4-15-42-36(9-1)39-13-7-14-41(48(39)50-42)49(33-24-19-30(20-25-33)32-23-28-38-37-10-2-5-16-43(37)52-46(38)29-32)34-26-21-31(22-27-34)35-12-8-18-45-47(35)40-11-3-6-17-44(40)51-45/h1-29H. The average Bonchev–Trinajstić information content (AvgIpc) is 3.90. The SMILES string of the molecule is c1ccc2c(c1)oc1c(N(c3ccc(-c4ccc5c(c4)sc4ccccc45)cc3)c3ccc(-c4cccc5sc6ccccc6c45)cc3)cccc12. The minimum Gasteiger partial charge on any atom is -0.454 e. The predicted molar refractivity (Wildman–Crippen MR) is 225 cm³/mol. The molecule has 3 aromatic heterocycles. The lowest BCUT2D eigenvalue weighted by atomic mass is 9.99. The Bertz CT molecular complexity index is 3130. The quantitative estimate of drug-likeness (QED) is 0.178. The van der Waals surface area contributed by atoms with Crippen molar-refractivity contribution in [2.45, 2.75) is 0 Å². The van der Waals surface area contributed by atoms with Gasteiger partial charge in [0, 0.05) is 62.5 Å². The summed E-state index contributed by atoms with van der Waals surface area (Å²) < 4.78 is 11.9. The van der Waals surface area contributed by atoms with Gasteiger partial charge in [-0.2, -0.15) is 0 Å². The van der Waals surface area contributed by atoms with E-state index in [2.05, 4.69) is 175 Å². The number of nitrogens with zero attached hydrogens (tertiary/aromatic N) is 1. The maximum absolute atomic E-state index is 6.60. The van der Waals surface area contributed by atoms with Crippen LogP contribution in [0.1, 0.15) is 0 Å².